The Morgan fingerprint density at radius 3 is 2.31 bits per heavy atom. The van der Waals surface area contributed by atoms with Crippen LogP contribution in [0.15, 0.2) is 0 Å². The second kappa shape index (κ2) is 5.23. The fraction of sp³-hybridized carbons (Fsp3) is 0.500. The van der Waals surface area contributed by atoms with Crippen molar-refractivity contribution in [3.63, 3.8) is 0 Å². The van der Waals surface area contributed by atoms with Crippen LogP contribution in [0, 0.1) is 0 Å². The first-order valence-corrected chi connectivity index (χ1v) is 5.25. The molecular weight excluding hydrogens is 253 g/mol. The van der Waals surface area contributed by atoms with Crippen molar-refractivity contribution in [2.24, 2.45) is 0 Å². The molecule has 0 saturated carbocycles. The van der Waals surface area contributed by atoms with E-state index in [-0.39, 0.29) is 34.6 Å². The quantitative estimate of drug-likeness (QED) is 0.341. The van der Waals surface area contributed by atoms with Crippen LogP contribution in [-0.2, 0) is 29.3 Å². The van der Waals surface area contributed by atoms with Gasteiger partial charge in [0, 0.05) is 6.92 Å². The van der Waals surface area contributed by atoms with Gasteiger partial charge in [-0.25, -0.2) is 4.79 Å². The SMILES string of the molecule is CC(=O)ON1C(=O)CC(S(=O)(=O)O)C1=O.[NaH]. The number of hydrogen-bond donors (Lipinski definition) is 1. The molecule has 0 spiro atoms. The molecule has 1 aliphatic rings. The van der Waals surface area contributed by atoms with E-state index < -0.39 is 39.6 Å². The molecule has 2 amide bonds. The van der Waals surface area contributed by atoms with Crippen molar-refractivity contribution in [2.45, 2.75) is 18.6 Å². The van der Waals surface area contributed by atoms with E-state index in [1.54, 1.807) is 0 Å². The molecule has 0 radical (unpaired) electrons. The van der Waals surface area contributed by atoms with Crippen LogP contribution in [0.4, 0.5) is 0 Å². The van der Waals surface area contributed by atoms with Crippen LogP contribution in [0.5, 0.6) is 0 Å². The molecule has 0 bridgehead atoms. The van der Waals surface area contributed by atoms with Gasteiger partial charge in [-0.1, -0.05) is 0 Å². The molecule has 1 rings (SSSR count). The van der Waals surface area contributed by atoms with Crippen molar-refractivity contribution in [3.05, 3.63) is 0 Å². The number of carbonyl (C=O) groups is 3. The number of rotatable bonds is 2. The van der Waals surface area contributed by atoms with Crippen LogP contribution < -0.4 is 0 Å². The van der Waals surface area contributed by atoms with Crippen molar-refractivity contribution in [1.82, 2.24) is 5.06 Å². The maximum absolute atomic E-state index is 11.2. The first-order valence-electron chi connectivity index (χ1n) is 3.75. The summed E-state index contributed by atoms with van der Waals surface area (Å²) >= 11 is 0. The Kier molecular flexibility index (Phi) is 5.08. The van der Waals surface area contributed by atoms with Gasteiger partial charge in [0.2, 0.25) is 0 Å². The summed E-state index contributed by atoms with van der Waals surface area (Å²) in [4.78, 5) is 36.9. The number of hydrogen-bond acceptors (Lipinski definition) is 6. The molecule has 1 saturated heterocycles. The van der Waals surface area contributed by atoms with Crippen LogP contribution in [0.1, 0.15) is 13.3 Å². The molecule has 0 aromatic carbocycles. The van der Waals surface area contributed by atoms with E-state index in [9.17, 15) is 22.8 Å². The van der Waals surface area contributed by atoms with Crippen molar-refractivity contribution in [2.75, 3.05) is 0 Å². The van der Waals surface area contributed by atoms with E-state index in [2.05, 4.69) is 4.84 Å². The zero-order chi connectivity index (χ0) is 11.8. The topological polar surface area (TPSA) is 118 Å². The van der Waals surface area contributed by atoms with Gasteiger partial charge >= 0.3 is 35.5 Å². The molecule has 1 N–H and O–H groups in total. The Labute approximate surface area is 113 Å². The fourth-order valence-electron chi connectivity index (χ4n) is 1.04. The van der Waals surface area contributed by atoms with Crippen LogP contribution in [0.3, 0.4) is 0 Å². The normalized spacial score (nSPS) is 20.6. The Hall–Kier alpha value is -0.480. The van der Waals surface area contributed by atoms with Gasteiger partial charge in [-0.15, -0.1) is 5.06 Å². The molecule has 1 unspecified atom stereocenters. The number of nitrogens with zero attached hydrogens (tertiary/aromatic N) is 1. The predicted molar refractivity (Wildman–Crippen MR) is 50.7 cm³/mol. The summed E-state index contributed by atoms with van der Waals surface area (Å²) in [6.07, 6.45) is -0.731. The van der Waals surface area contributed by atoms with Crippen LogP contribution in [0.25, 0.3) is 0 Å². The van der Waals surface area contributed by atoms with E-state index in [0.29, 0.717) is 0 Å². The van der Waals surface area contributed by atoms with E-state index in [4.69, 9.17) is 4.55 Å². The second-order valence-corrected chi connectivity index (χ2v) is 4.42. The molecule has 8 nitrogen and oxygen atoms in total. The average Bonchev–Trinajstić information content (AvgIpc) is 2.30. The van der Waals surface area contributed by atoms with E-state index >= 15 is 0 Å². The van der Waals surface area contributed by atoms with E-state index in [0.717, 1.165) is 6.92 Å². The molecule has 1 heterocycles. The molecule has 1 aliphatic heterocycles. The summed E-state index contributed by atoms with van der Waals surface area (Å²) < 4.78 is 29.9. The zero-order valence-electron chi connectivity index (χ0n) is 7.54. The third-order valence-corrected chi connectivity index (χ3v) is 2.73. The van der Waals surface area contributed by atoms with Gasteiger partial charge in [-0.05, 0) is 0 Å². The monoisotopic (exact) mass is 261 g/mol. The van der Waals surface area contributed by atoms with Crippen LogP contribution in [-0.4, -0.2) is 70.6 Å². The summed E-state index contributed by atoms with van der Waals surface area (Å²) in [6, 6.07) is 0. The summed E-state index contributed by atoms with van der Waals surface area (Å²) in [7, 11) is -4.66. The summed E-state index contributed by atoms with van der Waals surface area (Å²) in [6.45, 7) is 0.946. The molecule has 1 fully saturated rings. The Morgan fingerprint density at radius 2 is 2.00 bits per heavy atom. The Morgan fingerprint density at radius 1 is 1.50 bits per heavy atom. The van der Waals surface area contributed by atoms with E-state index in [1.165, 1.54) is 0 Å². The zero-order valence-corrected chi connectivity index (χ0v) is 8.35. The molecule has 0 aliphatic carbocycles. The Bertz CT molecular complexity index is 430. The van der Waals surface area contributed by atoms with Gasteiger partial charge in [0.1, 0.15) is 0 Å². The average molecular weight is 261 g/mol. The first kappa shape index (κ1) is 15.5. The molecule has 0 aromatic heterocycles. The standard InChI is InChI=1S/C6H7NO7S.Na.H/c1-3(8)14-7-5(9)2-4(6(7)10)15(11,12)13;;/h4H,2H2,1H3,(H,11,12,13);;. The number of hydroxylamine groups is 2. The number of imide groups is 1. The number of carbonyl (C=O) groups excluding carboxylic acids is 3. The predicted octanol–water partition coefficient (Wildman–Crippen LogP) is -2.17. The molecular formula is C6H8NNaO7S. The van der Waals surface area contributed by atoms with Crippen LogP contribution in [0.2, 0.25) is 0 Å². The minimum atomic E-state index is -4.66. The molecule has 0 aromatic rings. The molecule has 10 heteroatoms. The molecule has 16 heavy (non-hydrogen) atoms. The fourth-order valence-corrected chi connectivity index (χ4v) is 1.74. The van der Waals surface area contributed by atoms with Gasteiger partial charge < -0.3 is 4.84 Å². The number of amides is 2. The van der Waals surface area contributed by atoms with Crippen molar-refractivity contribution in [1.29, 1.82) is 0 Å². The van der Waals surface area contributed by atoms with Crippen molar-refractivity contribution in [3.8, 4) is 0 Å². The van der Waals surface area contributed by atoms with Gasteiger partial charge in [0.15, 0.2) is 5.25 Å². The Balaban J connectivity index is 0.00000225. The third-order valence-electron chi connectivity index (χ3n) is 1.64. The molecule has 1 atom stereocenters. The van der Waals surface area contributed by atoms with Crippen molar-refractivity contribution < 1.29 is 32.2 Å². The molecule has 86 valence electrons. The second-order valence-electron chi connectivity index (χ2n) is 2.82. The van der Waals surface area contributed by atoms with Gasteiger partial charge in [0.25, 0.3) is 21.9 Å². The van der Waals surface area contributed by atoms with Crippen LogP contribution >= 0.6 is 0 Å². The van der Waals surface area contributed by atoms with Gasteiger partial charge in [0.05, 0.1) is 6.42 Å². The van der Waals surface area contributed by atoms with Gasteiger partial charge in [-0.3, -0.25) is 14.1 Å². The summed E-state index contributed by atoms with van der Waals surface area (Å²) in [5, 5.41) is -1.84. The van der Waals surface area contributed by atoms with Gasteiger partial charge in [-0.2, -0.15) is 8.42 Å². The van der Waals surface area contributed by atoms with E-state index in [1.807, 2.05) is 0 Å². The summed E-state index contributed by atoms with van der Waals surface area (Å²) in [5.41, 5.74) is 0. The first-order chi connectivity index (χ1) is 6.73. The third kappa shape index (κ3) is 3.25. The summed E-state index contributed by atoms with van der Waals surface area (Å²) in [5.74, 6) is -3.19. The minimum absolute atomic E-state index is 0. The van der Waals surface area contributed by atoms with Crippen molar-refractivity contribution >= 4 is 57.5 Å². The maximum atomic E-state index is 11.2.